The summed E-state index contributed by atoms with van der Waals surface area (Å²) in [6.07, 6.45) is 0.0421. The minimum absolute atomic E-state index is 0.245. The molecule has 0 bridgehead atoms. The quantitative estimate of drug-likeness (QED) is 0.340. The van der Waals surface area contributed by atoms with E-state index in [-0.39, 0.29) is 5.92 Å². The molecule has 9 heteroatoms. The molecule has 9 nitrogen and oxygen atoms in total. The van der Waals surface area contributed by atoms with Gasteiger partial charge in [0.05, 0.1) is 12.5 Å². The number of hydrogen-bond donors (Lipinski definition) is 5. The van der Waals surface area contributed by atoms with Crippen molar-refractivity contribution in [2.24, 2.45) is 17.4 Å². The molecule has 0 aliphatic heterocycles. The molecule has 0 fully saturated rings. The summed E-state index contributed by atoms with van der Waals surface area (Å²) in [5.41, 5.74) is 10.4. The van der Waals surface area contributed by atoms with Crippen molar-refractivity contribution in [2.75, 3.05) is 0 Å². The molecule has 0 saturated heterocycles. The van der Waals surface area contributed by atoms with Gasteiger partial charge in [0.25, 0.3) is 0 Å². The second-order valence-corrected chi connectivity index (χ2v) is 5.23. The van der Waals surface area contributed by atoms with E-state index in [9.17, 15) is 19.2 Å². The highest BCUT2D eigenvalue weighted by atomic mass is 16.4. The Bertz CT molecular complexity index is 438. The molecule has 0 spiro atoms. The number of carbonyl (C=O) groups is 4. The molecule has 4 atom stereocenters. The fourth-order valence-electron chi connectivity index (χ4n) is 1.65. The van der Waals surface area contributed by atoms with E-state index in [1.165, 1.54) is 6.92 Å². The van der Waals surface area contributed by atoms with Crippen molar-refractivity contribution in [3.8, 4) is 0 Å². The lowest BCUT2D eigenvalue weighted by atomic mass is 9.97. The van der Waals surface area contributed by atoms with E-state index in [2.05, 4.69) is 10.6 Å². The van der Waals surface area contributed by atoms with Crippen LogP contribution in [0.4, 0.5) is 0 Å². The van der Waals surface area contributed by atoms with Crippen LogP contribution in [-0.2, 0) is 19.2 Å². The van der Waals surface area contributed by atoms with Crippen LogP contribution in [0.25, 0.3) is 0 Å². The smallest absolute Gasteiger partial charge is 0.326 e. The molecule has 4 unspecified atom stereocenters. The summed E-state index contributed by atoms with van der Waals surface area (Å²) in [4.78, 5) is 45.8. The van der Waals surface area contributed by atoms with E-state index in [4.69, 9.17) is 16.6 Å². The first-order valence-corrected chi connectivity index (χ1v) is 6.97. The molecule has 0 saturated carbocycles. The molecule has 126 valence electrons. The van der Waals surface area contributed by atoms with Crippen molar-refractivity contribution in [3.05, 3.63) is 0 Å². The first-order valence-electron chi connectivity index (χ1n) is 6.97. The maximum absolute atomic E-state index is 12.2. The van der Waals surface area contributed by atoms with Crippen LogP contribution in [-0.4, -0.2) is 46.9 Å². The molecule has 22 heavy (non-hydrogen) atoms. The first-order chi connectivity index (χ1) is 10.1. The van der Waals surface area contributed by atoms with Crippen LogP contribution in [0.2, 0.25) is 0 Å². The zero-order valence-electron chi connectivity index (χ0n) is 13.0. The predicted molar refractivity (Wildman–Crippen MR) is 78.4 cm³/mol. The number of aliphatic carboxylic acids is 1. The molecule has 0 aromatic rings. The normalized spacial score (nSPS) is 16.0. The molecular weight excluding hydrogens is 292 g/mol. The average molecular weight is 316 g/mol. The lowest BCUT2D eigenvalue weighted by Gasteiger charge is -2.25. The van der Waals surface area contributed by atoms with Crippen LogP contribution < -0.4 is 22.1 Å². The third-order valence-electron chi connectivity index (χ3n) is 3.23. The van der Waals surface area contributed by atoms with Crippen LogP contribution in [0.3, 0.4) is 0 Å². The van der Waals surface area contributed by atoms with Crippen molar-refractivity contribution in [1.82, 2.24) is 10.6 Å². The van der Waals surface area contributed by atoms with Crippen LogP contribution in [0.5, 0.6) is 0 Å². The number of primary amides is 1. The fourth-order valence-corrected chi connectivity index (χ4v) is 1.65. The van der Waals surface area contributed by atoms with Crippen molar-refractivity contribution in [1.29, 1.82) is 0 Å². The second-order valence-electron chi connectivity index (χ2n) is 5.23. The van der Waals surface area contributed by atoms with Gasteiger partial charge in [0.15, 0.2) is 0 Å². The summed E-state index contributed by atoms with van der Waals surface area (Å²) in [6.45, 7) is 5.02. The van der Waals surface area contributed by atoms with Gasteiger partial charge in [-0.1, -0.05) is 20.3 Å². The summed E-state index contributed by atoms with van der Waals surface area (Å²) in [7, 11) is 0. The Morgan fingerprint density at radius 3 is 2.00 bits per heavy atom. The number of nitrogens with two attached hydrogens (primary N) is 2. The predicted octanol–water partition coefficient (Wildman–Crippen LogP) is -1.69. The number of hydrogen-bond acceptors (Lipinski definition) is 5. The summed E-state index contributed by atoms with van der Waals surface area (Å²) in [6, 6.07) is -3.19. The summed E-state index contributed by atoms with van der Waals surface area (Å²) in [5, 5.41) is 13.7. The summed E-state index contributed by atoms with van der Waals surface area (Å²) in [5.74, 6) is -3.70. The van der Waals surface area contributed by atoms with E-state index in [1.807, 2.05) is 6.92 Å². The third kappa shape index (κ3) is 6.53. The zero-order chi connectivity index (χ0) is 17.4. The van der Waals surface area contributed by atoms with Gasteiger partial charge in [0.1, 0.15) is 12.1 Å². The maximum atomic E-state index is 12.2. The van der Waals surface area contributed by atoms with Crippen LogP contribution in [0.1, 0.15) is 33.6 Å². The lowest BCUT2D eigenvalue weighted by molar-refractivity contribution is -0.144. The molecular formula is C13H24N4O5. The second kappa shape index (κ2) is 8.98. The van der Waals surface area contributed by atoms with E-state index in [0.717, 1.165) is 0 Å². The van der Waals surface area contributed by atoms with Gasteiger partial charge in [0.2, 0.25) is 17.7 Å². The molecule has 0 aliphatic rings. The minimum atomic E-state index is -1.44. The van der Waals surface area contributed by atoms with Gasteiger partial charge in [-0.05, 0) is 12.8 Å². The molecule has 0 aromatic carbocycles. The van der Waals surface area contributed by atoms with Gasteiger partial charge in [-0.25, -0.2) is 4.79 Å². The Labute approximate surface area is 128 Å². The van der Waals surface area contributed by atoms with E-state index >= 15 is 0 Å². The largest absolute Gasteiger partial charge is 0.480 e. The topological polar surface area (TPSA) is 165 Å². The Kier molecular flexibility index (Phi) is 8.10. The number of carboxylic acids is 1. The highest BCUT2D eigenvalue weighted by molar-refractivity contribution is 5.93. The number of carbonyl (C=O) groups excluding carboxylic acids is 3. The van der Waals surface area contributed by atoms with Crippen molar-refractivity contribution in [2.45, 2.75) is 51.7 Å². The molecule has 0 rings (SSSR count). The Balaban J connectivity index is 5.05. The zero-order valence-corrected chi connectivity index (χ0v) is 13.0. The number of rotatable bonds is 9. The van der Waals surface area contributed by atoms with E-state index in [0.29, 0.717) is 6.42 Å². The minimum Gasteiger partial charge on any atom is -0.480 e. The summed E-state index contributed by atoms with van der Waals surface area (Å²) < 4.78 is 0. The number of nitrogens with one attached hydrogen (secondary N) is 2. The van der Waals surface area contributed by atoms with E-state index in [1.54, 1.807) is 6.92 Å². The SMILES string of the molecule is CCC(C)C(NC(=O)C(C)N)C(=O)NC(CC(N)=O)C(=O)O. The van der Waals surface area contributed by atoms with Gasteiger partial charge >= 0.3 is 5.97 Å². The van der Waals surface area contributed by atoms with Crippen LogP contribution >= 0.6 is 0 Å². The molecule has 0 radical (unpaired) electrons. The van der Waals surface area contributed by atoms with Crippen LogP contribution in [0.15, 0.2) is 0 Å². The Morgan fingerprint density at radius 1 is 1.09 bits per heavy atom. The molecule has 7 N–H and O–H groups in total. The van der Waals surface area contributed by atoms with Gasteiger partial charge < -0.3 is 27.2 Å². The molecule has 0 heterocycles. The first kappa shape index (κ1) is 19.8. The van der Waals surface area contributed by atoms with Crippen molar-refractivity contribution in [3.63, 3.8) is 0 Å². The molecule has 0 aromatic heterocycles. The van der Waals surface area contributed by atoms with Crippen LogP contribution in [0, 0.1) is 5.92 Å². The molecule has 3 amide bonds. The highest BCUT2D eigenvalue weighted by Gasteiger charge is 2.30. The van der Waals surface area contributed by atoms with Gasteiger partial charge in [-0.3, -0.25) is 14.4 Å². The lowest BCUT2D eigenvalue weighted by Crippen LogP contribution is -2.56. The number of amides is 3. The fraction of sp³-hybridized carbons (Fsp3) is 0.692. The standard InChI is InChI=1S/C13H24N4O5/c1-4-6(2)10(17-11(19)7(3)14)12(20)16-8(13(21)22)5-9(15)18/h6-8,10H,4-5,14H2,1-3H3,(H2,15,18)(H,16,20)(H,17,19)(H,21,22). The summed E-state index contributed by atoms with van der Waals surface area (Å²) >= 11 is 0. The van der Waals surface area contributed by atoms with Gasteiger partial charge in [0, 0.05) is 0 Å². The van der Waals surface area contributed by atoms with Gasteiger partial charge in [-0.2, -0.15) is 0 Å². The average Bonchev–Trinajstić information content (AvgIpc) is 2.41. The van der Waals surface area contributed by atoms with Gasteiger partial charge in [-0.15, -0.1) is 0 Å². The maximum Gasteiger partial charge on any atom is 0.326 e. The van der Waals surface area contributed by atoms with Crippen molar-refractivity contribution >= 4 is 23.7 Å². The highest BCUT2D eigenvalue weighted by Crippen LogP contribution is 2.09. The third-order valence-corrected chi connectivity index (χ3v) is 3.23. The molecule has 0 aliphatic carbocycles. The Morgan fingerprint density at radius 2 is 1.64 bits per heavy atom. The van der Waals surface area contributed by atoms with E-state index < -0.39 is 48.2 Å². The Hall–Kier alpha value is -2.16. The monoisotopic (exact) mass is 316 g/mol. The van der Waals surface area contributed by atoms with Crippen molar-refractivity contribution < 1.29 is 24.3 Å². The number of carboxylic acid groups (broad SMARTS) is 1.